The summed E-state index contributed by atoms with van der Waals surface area (Å²) in [5, 5.41) is 9.20. The quantitative estimate of drug-likeness (QED) is 0.774. The van der Waals surface area contributed by atoms with Gasteiger partial charge in [-0.15, -0.1) is 0 Å². The first kappa shape index (κ1) is 15.8. The van der Waals surface area contributed by atoms with Crippen LogP contribution >= 0.6 is 0 Å². The van der Waals surface area contributed by atoms with Gasteiger partial charge in [0, 0.05) is 17.8 Å². The molecule has 0 amide bonds. The normalized spacial score (nSPS) is 14.6. The van der Waals surface area contributed by atoms with Gasteiger partial charge in [-0.05, 0) is 17.9 Å². The summed E-state index contributed by atoms with van der Waals surface area (Å²) in [7, 11) is 0. The lowest BCUT2D eigenvalue weighted by Crippen LogP contribution is -2.42. The molecule has 1 rings (SSSR count). The highest BCUT2D eigenvalue weighted by Gasteiger charge is 2.27. The molecule has 5 nitrogen and oxygen atoms in total. The maximum atomic E-state index is 11.3. The molecule has 19 heavy (non-hydrogen) atoms. The second kappa shape index (κ2) is 7.37. The molecule has 0 radical (unpaired) electrons. The van der Waals surface area contributed by atoms with Crippen molar-refractivity contribution in [3.05, 3.63) is 35.9 Å². The van der Waals surface area contributed by atoms with Crippen LogP contribution in [-0.2, 0) is 22.6 Å². The molecule has 0 spiro atoms. The lowest BCUT2D eigenvalue weighted by molar-refractivity contribution is -0.142. The van der Waals surface area contributed by atoms with Gasteiger partial charge in [0.1, 0.15) is 6.04 Å². The van der Waals surface area contributed by atoms with Crippen molar-refractivity contribution < 1.29 is 18.7 Å². The van der Waals surface area contributed by atoms with E-state index < -0.39 is 23.3 Å². The van der Waals surface area contributed by atoms with Crippen molar-refractivity contribution in [1.29, 1.82) is 0 Å². The molecule has 1 aromatic carbocycles. The monoisotopic (exact) mass is 284 g/mol. The second-order valence-electron chi connectivity index (χ2n) is 4.76. The minimum Gasteiger partial charge on any atom is -0.760 e. The Morgan fingerprint density at radius 1 is 1.37 bits per heavy atom. The topological polar surface area (TPSA) is 80.7 Å². The summed E-state index contributed by atoms with van der Waals surface area (Å²) in [6.45, 7) is 3.80. The Hall–Kier alpha value is -1.24. The van der Waals surface area contributed by atoms with Crippen molar-refractivity contribution in [1.82, 2.24) is 4.31 Å². The van der Waals surface area contributed by atoms with Gasteiger partial charge in [-0.25, -0.2) is 4.31 Å². The standard InChI is InChI=1S/C13H19NO4S/c1-10(2)8-12(13(15)16)14(19(17)18)9-11-6-4-3-5-7-11/h3-7,10,12H,8-9H2,1-2H3,(H,15,16)(H,17,18)/p-1. The summed E-state index contributed by atoms with van der Waals surface area (Å²) in [6, 6.07) is 7.92. The number of benzene rings is 1. The predicted octanol–water partition coefficient (Wildman–Crippen LogP) is 1.78. The largest absolute Gasteiger partial charge is 0.760 e. The Labute approximate surface area is 115 Å². The Morgan fingerprint density at radius 3 is 2.37 bits per heavy atom. The van der Waals surface area contributed by atoms with Crippen LogP contribution in [0.5, 0.6) is 0 Å². The zero-order valence-electron chi connectivity index (χ0n) is 11.0. The number of hydrogen-bond acceptors (Lipinski definition) is 3. The molecule has 0 heterocycles. The molecule has 0 fully saturated rings. The van der Waals surface area contributed by atoms with Gasteiger partial charge >= 0.3 is 5.97 Å². The van der Waals surface area contributed by atoms with Crippen LogP contribution in [0.2, 0.25) is 0 Å². The molecule has 1 aromatic rings. The fourth-order valence-electron chi connectivity index (χ4n) is 1.82. The van der Waals surface area contributed by atoms with Gasteiger partial charge in [-0.1, -0.05) is 44.2 Å². The highest BCUT2D eigenvalue weighted by Crippen LogP contribution is 2.17. The number of carbonyl (C=O) groups is 1. The summed E-state index contributed by atoms with van der Waals surface area (Å²) in [4.78, 5) is 11.3. The van der Waals surface area contributed by atoms with E-state index in [1.54, 1.807) is 24.3 Å². The van der Waals surface area contributed by atoms with Crippen molar-refractivity contribution >= 4 is 17.2 Å². The predicted molar refractivity (Wildman–Crippen MR) is 71.8 cm³/mol. The molecule has 2 unspecified atom stereocenters. The second-order valence-corrected chi connectivity index (χ2v) is 5.66. The first-order valence-electron chi connectivity index (χ1n) is 6.04. The van der Waals surface area contributed by atoms with Crippen molar-refractivity contribution in [2.45, 2.75) is 32.9 Å². The van der Waals surface area contributed by atoms with Crippen molar-refractivity contribution in [2.24, 2.45) is 5.92 Å². The van der Waals surface area contributed by atoms with Gasteiger partial charge in [0.2, 0.25) is 0 Å². The van der Waals surface area contributed by atoms with Gasteiger partial charge in [-0.2, -0.15) is 0 Å². The summed E-state index contributed by atoms with van der Waals surface area (Å²) in [5.41, 5.74) is 0.765. The third kappa shape index (κ3) is 5.10. The van der Waals surface area contributed by atoms with Gasteiger partial charge in [-0.3, -0.25) is 9.00 Å². The van der Waals surface area contributed by atoms with E-state index in [-0.39, 0.29) is 18.9 Å². The van der Waals surface area contributed by atoms with Crippen LogP contribution in [0.25, 0.3) is 0 Å². The van der Waals surface area contributed by atoms with Crippen LogP contribution < -0.4 is 0 Å². The molecular weight excluding hydrogens is 266 g/mol. The number of hydrogen-bond donors (Lipinski definition) is 1. The summed E-state index contributed by atoms with van der Waals surface area (Å²) < 4.78 is 23.6. The van der Waals surface area contributed by atoms with E-state index in [1.807, 2.05) is 19.9 Å². The average molecular weight is 284 g/mol. The molecule has 2 atom stereocenters. The van der Waals surface area contributed by atoms with Crippen LogP contribution in [0, 0.1) is 5.92 Å². The summed E-state index contributed by atoms with van der Waals surface area (Å²) in [5.74, 6) is -1.02. The minimum atomic E-state index is -2.57. The Balaban J connectivity index is 2.91. The molecule has 0 saturated heterocycles. The maximum absolute atomic E-state index is 11.3. The average Bonchev–Trinajstić information content (AvgIpc) is 2.34. The molecular formula is C13H18NO4S-. The molecule has 0 saturated carbocycles. The molecule has 0 bridgehead atoms. The Bertz CT molecular complexity index is 436. The van der Waals surface area contributed by atoms with Gasteiger partial charge < -0.3 is 9.66 Å². The highest BCUT2D eigenvalue weighted by molar-refractivity contribution is 7.76. The van der Waals surface area contributed by atoms with Gasteiger partial charge in [0.05, 0.1) is 0 Å². The van der Waals surface area contributed by atoms with E-state index in [0.29, 0.717) is 0 Å². The van der Waals surface area contributed by atoms with Crippen molar-refractivity contribution in [3.63, 3.8) is 0 Å². The van der Waals surface area contributed by atoms with Crippen LogP contribution in [0.3, 0.4) is 0 Å². The first-order chi connectivity index (χ1) is 8.91. The van der Waals surface area contributed by atoms with E-state index in [9.17, 15) is 18.7 Å². The zero-order valence-corrected chi connectivity index (χ0v) is 11.8. The maximum Gasteiger partial charge on any atom is 0.321 e. The van der Waals surface area contributed by atoms with Crippen molar-refractivity contribution in [3.8, 4) is 0 Å². The molecule has 0 aliphatic rings. The number of carboxylic acids is 1. The number of aliphatic carboxylic acids is 1. The third-order valence-electron chi connectivity index (χ3n) is 2.70. The van der Waals surface area contributed by atoms with Gasteiger partial charge in [0.15, 0.2) is 0 Å². The van der Waals surface area contributed by atoms with Crippen LogP contribution in [0.4, 0.5) is 0 Å². The molecule has 0 aromatic heterocycles. The fraction of sp³-hybridized carbons (Fsp3) is 0.462. The fourth-order valence-corrected chi connectivity index (χ4v) is 2.46. The van der Waals surface area contributed by atoms with E-state index in [4.69, 9.17) is 0 Å². The number of rotatable bonds is 7. The molecule has 6 heteroatoms. The van der Waals surface area contributed by atoms with E-state index in [2.05, 4.69) is 0 Å². The van der Waals surface area contributed by atoms with Crippen molar-refractivity contribution in [2.75, 3.05) is 0 Å². The van der Waals surface area contributed by atoms with E-state index >= 15 is 0 Å². The van der Waals surface area contributed by atoms with Crippen LogP contribution in [0.15, 0.2) is 30.3 Å². The van der Waals surface area contributed by atoms with E-state index in [1.165, 1.54) is 0 Å². The molecule has 0 aliphatic heterocycles. The first-order valence-corrected chi connectivity index (χ1v) is 7.07. The lowest BCUT2D eigenvalue weighted by atomic mass is 10.0. The SMILES string of the molecule is CC(C)CC(C(=O)O)N(Cc1ccccc1)S(=O)[O-]. The Morgan fingerprint density at radius 2 is 1.95 bits per heavy atom. The smallest absolute Gasteiger partial charge is 0.321 e. The lowest BCUT2D eigenvalue weighted by Gasteiger charge is -2.31. The molecule has 1 N–H and O–H groups in total. The molecule has 106 valence electrons. The number of carboxylic acid groups (broad SMARTS) is 1. The highest BCUT2D eigenvalue weighted by atomic mass is 32.2. The number of nitrogens with zero attached hydrogens (tertiary/aromatic N) is 1. The third-order valence-corrected chi connectivity index (χ3v) is 3.47. The van der Waals surface area contributed by atoms with Crippen LogP contribution in [0.1, 0.15) is 25.8 Å². The van der Waals surface area contributed by atoms with E-state index in [0.717, 1.165) is 9.87 Å². The summed E-state index contributed by atoms with van der Waals surface area (Å²) in [6.07, 6.45) is 0.288. The van der Waals surface area contributed by atoms with Gasteiger partial charge in [0.25, 0.3) is 0 Å². The zero-order chi connectivity index (χ0) is 14.4. The molecule has 0 aliphatic carbocycles. The summed E-state index contributed by atoms with van der Waals surface area (Å²) >= 11 is -2.57. The minimum absolute atomic E-state index is 0.0701. The van der Waals surface area contributed by atoms with Crippen LogP contribution in [-0.4, -0.2) is 30.2 Å². The Kier molecular flexibility index (Phi) is 6.14.